The van der Waals surface area contributed by atoms with E-state index in [9.17, 15) is 4.79 Å². The van der Waals surface area contributed by atoms with Crippen LogP contribution in [0.4, 0.5) is 4.79 Å². The van der Waals surface area contributed by atoms with Crippen LogP contribution in [0.1, 0.15) is 24.7 Å². The molecule has 7 nitrogen and oxygen atoms in total. The quantitative estimate of drug-likeness (QED) is 0.746. The van der Waals surface area contributed by atoms with Crippen LogP contribution in [0.2, 0.25) is 0 Å². The van der Waals surface area contributed by atoms with E-state index in [1.807, 2.05) is 36.7 Å². The Morgan fingerprint density at radius 2 is 2.23 bits per heavy atom. The zero-order chi connectivity index (χ0) is 15.9. The monoisotopic (exact) mass is 303 g/mol. The van der Waals surface area contributed by atoms with Crippen LogP contribution in [0.25, 0.3) is 5.82 Å². The number of aliphatic hydroxyl groups excluding tert-OH is 1. The van der Waals surface area contributed by atoms with Crippen molar-refractivity contribution in [2.45, 2.75) is 32.9 Å². The van der Waals surface area contributed by atoms with Crippen molar-refractivity contribution < 1.29 is 9.90 Å². The number of pyridine rings is 1. The summed E-state index contributed by atoms with van der Waals surface area (Å²) in [5.41, 5.74) is 0.897. The zero-order valence-corrected chi connectivity index (χ0v) is 12.8. The highest BCUT2D eigenvalue weighted by Crippen LogP contribution is 2.08. The number of amides is 2. The minimum Gasteiger partial charge on any atom is -0.394 e. The molecule has 2 amide bonds. The van der Waals surface area contributed by atoms with E-state index in [-0.39, 0.29) is 18.7 Å². The normalized spacial score (nSPS) is 12.0. The lowest BCUT2D eigenvalue weighted by Crippen LogP contribution is -2.43. The summed E-state index contributed by atoms with van der Waals surface area (Å²) >= 11 is 0. The van der Waals surface area contributed by atoms with E-state index in [0.29, 0.717) is 13.0 Å². The summed E-state index contributed by atoms with van der Waals surface area (Å²) < 4.78 is 1.89. The van der Waals surface area contributed by atoms with Gasteiger partial charge in [0.2, 0.25) is 0 Å². The number of carbonyl (C=O) groups is 1. The number of urea groups is 1. The van der Waals surface area contributed by atoms with Gasteiger partial charge in [-0.1, -0.05) is 13.0 Å². The van der Waals surface area contributed by atoms with Gasteiger partial charge in [0.25, 0.3) is 0 Å². The molecular formula is C15H21N5O2. The largest absolute Gasteiger partial charge is 0.394 e. The highest BCUT2D eigenvalue weighted by atomic mass is 16.3. The fraction of sp³-hybridized carbons (Fsp3) is 0.400. The van der Waals surface area contributed by atoms with Gasteiger partial charge in [0.1, 0.15) is 11.6 Å². The molecule has 0 aliphatic heterocycles. The lowest BCUT2D eigenvalue weighted by Gasteiger charge is -2.14. The number of aryl methyl sites for hydroxylation is 1. The van der Waals surface area contributed by atoms with Gasteiger partial charge in [-0.3, -0.25) is 4.57 Å². The smallest absolute Gasteiger partial charge is 0.315 e. The van der Waals surface area contributed by atoms with Gasteiger partial charge >= 0.3 is 6.03 Å². The molecule has 0 saturated carbocycles. The molecule has 0 aliphatic rings. The Morgan fingerprint density at radius 1 is 1.41 bits per heavy atom. The lowest BCUT2D eigenvalue weighted by molar-refractivity contribution is 0.214. The van der Waals surface area contributed by atoms with E-state index in [1.54, 1.807) is 12.4 Å². The molecule has 2 rings (SSSR count). The molecule has 3 N–H and O–H groups in total. The number of imidazole rings is 1. The molecule has 1 atom stereocenters. The number of nitrogens with zero attached hydrogens (tertiary/aromatic N) is 3. The summed E-state index contributed by atoms with van der Waals surface area (Å²) in [7, 11) is 0. The fourth-order valence-corrected chi connectivity index (χ4v) is 1.98. The third-order valence-electron chi connectivity index (χ3n) is 3.38. The van der Waals surface area contributed by atoms with Crippen LogP contribution in [-0.4, -0.2) is 38.3 Å². The maximum atomic E-state index is 11.7. The van der Waals surface area contributed by atoms with Crippen molar-refractivity contribution >= 4 is 6.03 Å². The van der Waals surface area contributed by atoms with E-state index in [2.05, 4.69) is 20.6 Å². The van der Waals surface area contributed by atoms with Crippen molar-refractivity contribution in [3.05, 3.63) is 42.1 Å². The predicted molar refractivity (Wildman–Crippen MR) is 82.6 cm³/mol. The standard InChI is InChI=1S/C15H21N5O2/c1-3-13(10-21)19-15(22)18-9-12-4-5-14(17-8-12)20-7-6-16-11(20)2/h4-8,13,21H,3,9-10H2,1-2H3,(H2,18,19,22). The number of aromatic nitrogens is 3. The summed E-state index contributed by atoms with van der Waals surface area (Å²) in [6.45, 7) is 4.13. The first-order chi connectivity index (χ1) is 10.6. The van der Waals surface area contributed by atoms with Crippen molar-refractivity contribution in [1.82, 2.24) is 25.2 Å². The average molecular weight is 303 g/mol. The Morgan fingerprint density at radius 3 is 2.77 bits per heavy atom. The Labute approximate surface area is 129 Å². The Bertz CT molecular complexity index is 605. The van der Waals surface area contributed by atoms with Crippen molar-refractivity contribution in [2.75, 3.05) is 6.61 Å². The van der Waals surface area contributed by atoms with Crippen LogP contribution in [0.3, 0.4) is 0 Å². The molecule has 0 spiro atoms. The third-order valence-corrected chi connectivity index (χ3v) is 3.38. The minimum atomic E-state index is -0.296. The molecule has 0 radical (unpaired) electrons. The van der Waals surface area contributed by atoms with Crippen molar-refractivity contribution in [1.29, 1.82) is 0 Å². The van der Waals surface area contributed by atoms with E-state index in [0.717, 1.165) is 17.2 Å². The second kappa shape index (κ2) is 7.56. The van der Waals surface area contributed by atoms with Crippen LogP contribution in [0, 0.1) is 6.92 Å². The van der Waals surface area contributed by atoms with Crippen LogP contribution in [0.5, 0.6) is 0 Å². The van der Waals surface area contributed by atoms with Gasteiger partial charge in [-0.25, -0.2) is 14.8 Å². The second-order valence-corrected chi connectivity index (χ2v) is 4.98. The molecule has 7 heteroatoms. The maximum absolute atomic E-state index is 11.7. The van der Waals surface area contributed by atoms with Crippen molar-refractivity contribution in [3.8, 4) is 5.82 Å². The van der Waals surface area contributed by atoms with E-state index in [4.69, 9.17) is 5.11 Å². The van der Waals surface area contributed by atoms with Gasteiger partial charge in [0.05, 0.1) is 12.6 Å². The molecule has 1 unspecified atom stereocenters. The molecule has 0 fully saturated rings. The van der Waals surface area contributed by atoms with Gasteiger partial charge < -0.3 is 15.7 Å². The summed E-state index contributed by atoms with van der Waals surface area (Å²) in [5.74, 6) is 1.65. The van der Waals surface area contributed by atoms with Gasteiger partial charge in [-0.2, -0.15) is 0 Å². The SMILES string of the molecule is CCC(CO)NC(=O)NCc1ccc(-n2ccnc2C)nc1. The molecular weight excluding hydrogens is 282 g/mol. The average Bonchev–Trinajstić information content (AvgIpc) is 2.97. The number of nitrogens with one attached hydrogen (secondary N) is 2. The molecule has 0 aliphatic carbocycles. The molecule has 0 bridgehead atoms. The number of carbonyl (C=O) groups excluding carboxylic acids is 1. The Kier molecular flexibility index (Phi) is 5.48. The Balaban J connectivity index is 1.89. The number of hydrogen-bond donors (Lipinski definition) is 3. The molecule has 2 heterocycles. The molecule has 2 aromatic heterocycles. The zero-order valence-electron chi connectivity index (χ0n) is 12.8. The van der Waals surface area contributed by atoms with Gasteiger partial charge in [0.15, 0.2) is 0 Å². The first-order valence-electron chi connectivity index (χ1n) is 7.24. The summed E-state index contributed by atoms with van der Waals surface area (Å²) in [6.07, 6.45) is 5.98. The first-order valence-corrected chi connectivity index (χ1v) is 7.24. The van der Waals surface area contributed by atoms with Crippen LogP contribution in [-0.2, 0) is 6.54 Å². The molecule has 0 aromatic carbocycles. The van der Waals surface area contributed by atoms with E-state index in [1.165, 1.54) is 0 Å². The van der Waals surface area contributed by atoms with Crippen LogP contribution in [0.15, 0.2) is 30.7 Å². The summed E-state index contributed by atoms with van der Waals surface area (Å²) in [4.78, 5) is 20.2. The topological polar surface area (TPSA) is 92.1 Å². The van der Waals surface area contributed by atoms with Gasteiger partial charge in [0, 0.05) is 25.1 Å². The molecule has 2 aromatic rings. The van der Waals surface area contributed by atoms with Crippen LogP contribution >= 0.6 is 0 Å². The first kappa shape index (κ1) is 16.0. The maximum Gasteiger partial charge on any atom is 0.315 e. The predicted octanol–water partition coefficient (Wildman–Crippen LogP) is 1.15. The van der Waals surface area contributed by atoms with Gasteiger partial charge in [-0.05, 0) is 25.0 Å². The van der Waals surface area contributed by atoms with E-state index >= 15 is 0 Å². The highest BCUT2D eigenvalue weighted by Gasteiger charge is 2.08. The second-order valence-electron chi connectivity index (χ2n) is 4.98. The number of hydrogen-bond acceptors (Lipinski definition) is 4. The van der Waals surface area contributed by atoms with Crippen molar-refractivity contribution in [3.63, 3.8) is 0 Å². The molecule has 118 valence electrons. The van der Waals surface area contributed by atoms with Crippen LogP contribution < -0.4 is 10.6 Å². The highest BCUT2D eigenvalue weighted by molar-refractivity contribution is 5.74. The lowest BCUT2D eigenvalue weighted by atomic mass is 10.2. The fourth-order valence-electron chi connectivity index (χ4n) is 1.98. The number of aliphatic hydroxyl groups is 1. The molecule has 0 saturated heterocycles. The minimum absolute atomic E-state index is 0.0651. The molecule has 22 heavy (non-hydrogen) atoms. The number of rotatable bonds is 6. The third kappa shape index (κ3) is 4.05. The van der Waals surface area contributed by atoms with E-state index < -0.39 is 0 Å². The van der Waals surface area contributed by atoms with Gasteiger partial charge in [-0.15, -0.1) is 0 Å². The summed E-state index contributed by atoms with van der Waals surface area (Å²) in [6, 6.07) is 3.28. The summed E-state index contributed by atoms with van der Waals surface area (Å²) in [5, 5.41) is 14.5. The van der Waals surface area contributed by atoms with Crippen molar-refractivity contribution in [2.24, 2.45) is 0 Å². The Hall–Kier alpha value is -2.41.